The molecule has 1 aromatic carbocycles. The van der Waals surface area contributed by atoms with Crippen molar-refractivity contribution in [3.05, 3.63) is 41.5 Å². The van der Waals surface area contributed by atoms with Crippen molar-refractivity contribution >= 4 is 39.2 Å². The van der Waals surface area contributed by atoms with Gasteiger partial charge in [0.25, 0.3) is 0 Å². The fourth-order valence-corrected chi connectivity index (χ4v) is 4.49. The predicted molar refractivity (Wildman–Crippen MR) is 106 cm³/mol. The number of amides is 1. The minimum atomic E-state index is 0.0404. The number of carbonyl (C=O) groups is 1. The number of benzene rings is 1. The molecule has 3 aromatic rings. The van der Waals surface area contributed by atoms with Gasteiger partial charge in [0.1, 0.15) is 16.2 Å². The van der Waals surface area contributed by atoms with Crippen molar-refractivity contribution in [3.63, 3.8) is 0 Å². The molecule has 0 unspecified atom stereocenters. The maximum atomic E-state index is 12.0. The van der Waals surface area contributed by atoms with Crippen molar-refractivity contribution in [3.8, 4) is 11.1 Å². The largest absolute Gasteiger partial charge is 0.355 e. The van der Waals surface area contributed by atoms with Gasteiger partial charge in [0.05, 0.1) is 11.1 Å². The van der Waals surface area contributed by atoms with Crippen LogP contribution >= 0.6 is 23.1 Å². The SMILES string of the molecule is Cc1sc2ncnc(SCC(=O)NCC(C)C)c2c1-c1ccccc1. The van der Waals surface area contributed by atoms with E-state index in [0.717, 1.165) is 20.8 Å². The Balaban J connectivity index is 1.90. The standard InChI is InChI=1S/C19H21N3OS2/c1-12(2)9-20-15(23)10-24-18-17-16(14-7-5-4-6-8-14)13(3)25-19(17)22-11-21-18/h4-8,11-12H,9-10H2,1-3H3,(H,20,23). The number of nitrogens with zero attached hydrogens (tertiary/aromatic N) is 2. The molecule has 0 saturated carbocycles. The maximum Gasteiger partial charge on any atom is 0.230 e. The predicted octanol–water partition coefficient (Wildman–Crippen LogP) is 4.53. The van der Waals surface area contributed by atoms with Crippen molar-refractivity contribution < 1.29 is 4.79 Å². The summed E-state index contributed by atoms with van der Waals surface area (Å²) in [5.41, 5.74) is 2.33. The molecule has 0 saturated heterocycles. The number of nitrogens with one attached hydrogen (secondary N) is 1. The normalized spacial score (nSPS) is 11.2. The molecule has 0 aliphatic carbocycles. The zero-order valence-electron chi connectivity index (χ0n) is 14.6. The van der Waals surface area contributed by atoms with Crippen LogP contribution in [-0.4, -0.2) is 28.2 Å². The minimum Gasteiger partial charge on any atom is -0.355 e. The Morgan fingerprint density at radius 3 is 2.72 bits per heavy atom. The molecule has 0 spiro atoms. The van der Waals surface area contributed by atoms with Gasteiger partial charge in [-0.2, -0.15) is 0 Å². The average molecular weight is 372 g/mol. The molecule has 2 aromatic heterocycles. The third kappa shape index (κ3) is 4.19. The molecule has 2 heterocycles. The number of thioether (sulfide) groups is 1. The molecular formula is C19H21N3OS2. The fraction of sp³-hybridized carbons (Fsp3) is 0.316. The first-order valence-corrected chi connectivity index (χ1v) is 10.1. The Morgan fingerprint density at radius 2 is 2.00 bits per heavy atom. The van der Waals surface area contributed by atoms with Crippen LogP contribution in [0.15, 0.2) is 41.7 Å². The summed E-state index contributed by atoms with van der Waals surface area (Å²) in [6.45, 7) is 6.98. The highest BCUT2D eigenvalue weighted by molar-refractivity contribution is 8.00. The Hall–Kier alpha value is -1.92. The Morgan fingerprint density at radius 1 is 1.24 bits per heavy atom. The highest BCUT2D eigenvalue weighted by atomic mass is 32.2. The number of hydrogen-bond acceptors (Lipinski definition) is 5. The van der Waals surface area contributed by atoms with Gasteiger partial charge in [-0.1, -0.05) is 55.9 Å². The lowest BCUT2D eigenvalue weighted by Crippen LogP contribution is -2.28. The van der Waals surface area contributed by atoms with E-state index in [1.165, 1.54) is 22.2 Å². The second-order valence-corrected chi connectivity index (χ2v) is 8.41. The molecule has 0 atom stereocenters. The smallest absolute Gasteiger partial charge is 0.230 e. The highest BCUT2D eigenvalue weighted by Crippen LogP contribution is 2.41. The number of fused-ring (bicyclic) bond motifs is 1. The van der Waals surface area contributed by atoms with Crippen LogP contribution in [0.5, 0.6) is 0 Å². The molecule has 130 valence electrons. The van der Waals surface area contributed by atoms with E-state index in [1.807, 2.05) is 18.2 Å². The van der Waals surface area contributed by atoms with E-state index < -0.39 is 0 Å². The molecule has 4 nitrogen and oxygen atoms in total. The quantitative estimate of drug-likeness (QED) is 0.511. The summed E-state index contributed by atoms with van der Waals surface area (Å²) >= 11 is 3.15. The van der Waals surface area contributed by atoms with E-state index >= 15 is 0 Å². The van der Waals surface area contributed by atoms with E-state index in [4.69, 9.17) is 0 Å². The highest BCUT2D eigenvalue weighted by Gasteiger charge is 2.17. The first-order valence-electron chi connectivity index (χ1n) is 8.25. The number of carbonyl (C=O) groups excluding carboxylic acids is 1. The van der Waals surface area contributed by atoms with Gasteiger partial charge in [0.2, 0.25) is 5.91 Å². The maximum absolute atomic E-state index is 12.0. The number of aryl methyl sites for hydroxylation is 1. The van der Waals surface area contributed by atoms with Crippen LogP contribution in [-0.2, 0) is 4.79 Å². The van der Waals surface area contributed by atoms with Crippen molar-refractivity contribution in [1.82, 2.24) is 15.3 Å². The van der Waals surface area contributed by atoms with E-state index in [-0.39, 0.29) is 5.91 Å². The third-order valence-corrected chi connectivity index (χ3v) is 5.74. The van der Waals surface area contributed by atoms with Crippen LogP contribution in [0, 0.1) is 12.8 Å². The molecule has 0 aliphatic rings. The molecule has 0 aliphatic heterocycles. The number of aromatic nitrogens is 2. The lowest BCUT2D eigenvalue weighted by Gasteiger charge is -2.08. The number of hydrogen-bond donors (Lipinski definition) is 1. The molecule has 1 N–H and O–H groups in total. The second-order valence-electron chi connectivity index (χ2n) is 6.24. The van der Waals surface area contributed by atoms with Gasteiger partial charge >= 0.3 is 0 Å². The van der Waals surface area contributed by atoms with Gasteiger partial charge in [0.15, 0.2) is 0 Å². The van der Waals surface area contributed by atoms with Gasteiger partial charge in [-0.15, -0.1) is 11.3 Å². The molecule has 0 fully saturated rings. The number of thiophene rings is 1. The summed E-state index contributed by atoms with van der Waals surface area (Å²) in [4.78, 5) is 23.1. The van der Waals surface area contributed by atoms with Crippen molar-refractivity contribution in [2.75, 3.05) is 12.3 Å². The van der Waals surface area contributed by atoms with Gasteiger partial charge < -0.3 is 5.32 Å². The summed E-state index contributed by atoms with van der Waals surface area (Å²) in [6.07, 6.45) is 1.58. The summed E-state index contributed by atoms with van der Waals surface area (Å²) in [5.74, 6) is 0.852. The average Bonchev–Trinajstić information content (AvgIpc) is 2.95. The second kappa shape index (κ2) is 7.97. The monoisotopic (exact) mass is 371 g/mol. The molecule has 3 rings (SSSR count). The first kappa shape index (κ1) is 17.9. The summed E-state index contributed by atoms with van der Waals surface area (Å²) in [6, 6.07) is 10.3. The van der Waals surface area contributed by atoms with Crippen molar-refractivity contribution in [2.24, 2.45) is 5.92 Å². The van der Waals surface area contributed by atoms with E-state index in [1.54, 1.807) is 17.7 Å². The fourth-order valence-electron chi connectivity index (χ4n) is 2.58. The summed E-state index contributed by atoms with van der Waals surface area (Å²) in [7, 11) is 0. The molecule has 1 amide bonds. The van der Waals surface area contributed by atoms with E-state index in [9.17, 15) is 4.79 Å². The van der Waals surface area contributed by atoms with Gasteiger partial charge in [-0.05, 0) is 18.4 Å². The van der Waals surface area contributed by atoms with Gasteiger partial charge in [0, 0.05) is 17.0 Å². The van der Waals surface area contributed by atoms with Gasteiger partial charge in [-0.25, -0.2) is 9.97 Å². The zero-order chi connectivity index (χ0) is 17.8. The molecule has 25 heavy (non-hydrogen) atoms. The molecule has 0 radical (unpaired) electrons. The lowest BCUT2D eigenvalue weighted by molar-refractivity contribution is -0.118. The topological polar surface area (TPSA) is 54.9 Å². The van der Waals surface area contributed by atoms with E-state index in [2.05, 4.69) is 48.2 Å². The minimum absolute atomic E-state index is 0.0404. The van der Waals surface area contributed by atoms with Crippen molar-refractivity contribution in [1.29, 1.82) is 0 Å². The Kier molecular flexibility index (Phi) is 5.71. The zero-order valence-corrected chi connectivity index (χ0v) is 16.2. The Labute approximate surface area is 156 Å². The molecular weight excluding hydrogens is 350 g/mol. The lowest BCUT2D eigenvalue weighted by atomic mass is 10.0. The van der Waals surface area contributed by atoms with Crippen LogP contribution in [0.3, 0.4) is 0 Å². The molecule has 6 heteroatoms. The summed E-state index contributed by atoms with van der Waals surface area (Å²) in [5, 5.41) is 4.87. The first-order chi connectivity index (χ1) is 12.1. The third-order valence-electron chi connectivity index (χ3n) is 3.74. The van der Waals surface area contributed by atoms with Gasteiger partial charge in [-0.3, -0.25) is 4.79 Å². The summed E-state index contributed by atoms with van der Waals surface area (Å²) < 4.78 is 0. The van der Waals surface area contributed by atoms with Crippen LogP contribution in [0.25, 0.3) is 21.3 Å². The van der Waals surface area contributed by atoms with Crippen molar-refractivity contribution in [2.45, 2.75) is 25.8 Å². The number of rotatable bonds is 6. The van der Waals surface area contributed by atoms with Crippen LogP contribution in [0.4, 0.5) is 0 Å². The van der Waals surface area contributed by atoms with Crippen LogP contribution in [0.1, 0.15) is 18.7 Å². The van der Waals surface area contributed by atoms with Crippen LogP contribution in [0.2, 0.25) is 0 Å². The Bertz CT molecular complexity index is 875. The molecule has 0 bridgehead atoms. The van der Waals surface area contributed by atoms with Crippen LogP contribution < -0.4 is 5.32 Å². The van der Waals surface area contributed by atoms with E-state index in [0.29, 0.717) is 18.2 Å².